The summed E-state index contributed by atoms with van der Waals surface area (Å²) in [5.41, 5.74) is 0.0554. The molecule has 1 aliphatic heterocycles. The maximum atomic E-state index is 12.9. The van der Waals surface area contributed by atoms with Crippen molar-refractivity contribution in [1.82, 2.24) is 4.98 Å². The number of nitrogens with zero attached hydrogens (tertiary/aromatic N) is 2. The standard InChI is InChI=1S/C16H16ClFN2O/c17-13-3-1-12(2-4-13)16(21)7-9-20(10-8-16)15-6-5-14(18)11-19-15/h1-6,11,21H,7-10H2. The zero-order valence-electron chi connectivity index (χ0n) is 11.5. The summed E-state index contributed by atoms with van der Waals surface area (Å²) < 4.78 is 12.9. The molecular weight excluding hydrogens is 291 g/mol. The number of benzene rings is 1. The molecule has 5 heteroatoms. The van der Waals surface area contributed by atoms with Gasteiger partial charge in [0.2, 0.25) is 0 Å². The molecule has 1 aliphatic rings. The van der Waals surface area contributed by atoms with Gasteiger partial charge in [0.25, 0.3) is 0 Å². The van der Waals surface area contributed by atoms with Gasteiger partial charge in [0.05, 0.1) is 11.8 Å². The second-order valence-corrected chi connectivity index (χ2v) is 5.80. The molecule has 21 heavy (non-hydrogen) atoms. The van der Waals surface area contributed by atoms with Crippen molar-refractivity contribution in [2.75, 3.05) is 18.0 Å². The zero-order chi connectivity index (χ0) is 14.9. The summed E-state index contributed by atoms with van der Waals surface area (Å²) in [6.07, 6.45) is 2.43. The van der Waals surface area contributed by atoms with E-state index in [1.807, 2.05) is 12.1 Å². The number of anilines is 1. The van der Waals surface area contributed by atoms with Crippen LogP contribution in [-0.4, -0.2) is 23.2 Å². The van der Waals surface area contributed by atoms with Crippen LogP contribution in [0.25, 0.3) is 0 Å². The topological polar surface area (TPSA) is 36.4 Å². The number of hydrogen-bond acceptors (Lipinski definition) is 3. The molecule has 0 spiro atoms. The predicted molar refractivity (Wildman–Crippen MR) is 81.0 cm³/mol. The average molecular weight is 307 g/mol. The van der Waals surface area contributed by atoms with Crippen molar-refractivity contribution in [3.05, 3.63) is 59.0 Å². The Morgan fingerprint density at radius 1 is 1.10 bits per heavy atom. The van der Waals surface area contributed by atoms with Crippen LogP contribution in [0.15, 0.2) is 42.6 Å². The fourth-order valence-electron chi connectivity index (χ4n) is 2.71. The highest BCUT2D eigenvalue weighted by molar-refractivity contribution is 6.30. The maximum Gasteiger partial charge on any atom is 0.141 e. The Hall–Kier alpha value is -1.65. The van der Waals surface area contributed by atoms with Crippen LogP contribution >= 0.6 is 11.6 Å². The molecule has 0 saturated carbocycles. The molecule has 1 fully saturated rings. The molecule has 1 aromatic heterocycles. The van der Waals surface area contributed by atoms with E-state index in [1.165, 1.54) is 12.3 Å². The van der Waals surface area contributed by atoms with E-state index in [0.717, 1.165) is 11.4 Å². The monoisotopic (exact) mass is 306 g/mol. The zero-order valence-corrected chi connectivity index (χ0v) is 12.2. The summed E-state index contributed by atoms with van der Waals surface area (Å²) in [6.45, 7) is 1.36. The molecule has 1 aromatic carbocycles. The number of rotatable bonds is 2. The molecule has 0 unspecified atom stereocenters. The summed E-state index contributed by atoms with van der Waals surface area (Å²) in [5.74, 6) is 0.406. The van der Waals surface area contributed by atoms with Crippen LogP contribution in [0.5, 0.6) is 0 Å². The first-order chi connectivity index (χ1) is 10.1. The molecule has 1 N–H and O–H groups in total. The minimum absolute atomic E-state index is 0.339. The second kappa shape index (κ2) is 5.62. The molecule has 1 saturated heterocycles. The molecule has 3 rings (SSSR count). The van der Waals surface area contributed by atoms with Gasteiger partial charge in [0.1, 0.15) is 11.6 Å². The van der Waals surface area contributed by atoms with Crippen LogP contribution < -0.4 is 4.90 Å². The SMILES string of the molecule is OC1(c2ccc(Cl)cc2)CCN(c2ccc(F)cn2)CC1. The van der Waals surface area contributed by atoms with Crippen molar-refractivity contribution in [3.8, 4) is 0 Å². The third kappa shape index (κ3) is 3.01. The van der Waals surface area contributed by atoms with E-state index in [-0.39, 0.29) is 5.82 Å². The van der Waals surface area contributed by atoms with E-state index in [0.29, 0.717) is 31.0 Å². The Morgan fingerprint density at radius 2 is 1.76 bits per heavy atom. The van der Waals surface area contributed by atoms with Crippen LogP contribution in [0, 0.1) is 5.82 Å². The molecule has 0 atom stereocenters. The minimum Gasteiger partial charge on any atom is -0.385 e. The molecule has 0 radical (unpaired) electrons. The maximum absolute atomic E-state index is 12.9. The number of halogens is 2. The number of pyridine rings is 1. The van der Waals surface area contributed by atoms with Crippen LogP contribution in [0.1, 0.15) is 18.4 Å². The molecule has 2 aromatic rings. The molecule has 0 aliphatic carbocycles. The number of aliphatic hydroxyl groups is 1. The Kier molecular flexibility index (Phi) is 3.83. The normalized spacial score (nSPS) is 17.8. The highest BCUT2D eigenvalue weighted by atomic mass is 35.5. The lowest BCUT2D eigenvalue weighted by atomic mass is 9.84. The third-order valence-corrected chi connectivity index (χ3v) is 4.26. The summed E-state index contributed by atoms with van der Waals surface area (Å²) in [4.78, 5) is 6.15. The fourth-order valence-corrected chi connectivity index (χ4v) is 2.84. The van der Waals surface area contributed by atoms with E-state index in [1.54, 1.807) is 18.2 Å². The summed E-state index contributed by atoms with van der Waals surface area (Å²) in [5, 5.41) is 11.5. The van der Waals surface area contributed by atoms with Gasteiger partial charge in [0.15, 0.2) is 0 Å². The van der Waals surface area contributed by atoms with Gasteiger partial charge >= 0.3 is 0 Å². The lowest BCUT2D eigenvalue weighted by Gasteiger charge is -2.39. The summed E-state index contributed by atoms with van der Waals surface area (Å²) >= 11 is 5.88. The first-order valence-corrected chi connectivity index (χ1v) is 7.30. The van der Waals surface area contributed by atoms with E-state index in [4.69, 9.17) is 11.6 Å². The molecule has 110 valence electrons. The van der Waals surface area contributed by atoms with Gasteiger partial charge in [-0.1, -0.05) is 23.7 Å². The quantitative estimate of drug-likeness (QED) is 0.924. The largest absolute Gasteiger partial charge is 0.385 e. The van der Waals surface area contributed by atoms with E-state index < -0.39 is 5.60 Å². The Bertz CT molecular complexity index is 607. The third-order valence-electron chi connectivity index (χ3n) is 4.01. The van der Waals surface area contributed by atoms with Crippen molar-refractivity contribution in [2.24, 2.45) is 0 Å². The van der Waals surface area contributed by atoms with Crippen LogP contribution in [0.2, 0.25) is 5.02 Å². The van der Waals surface area contributed by atoms with E-state index >= 15 is 0 Å². The number of aromatic nitrogens is 1. The summed E-state index contributed by atoms with van der Waals surface area (Å²) in [6, 6.07) is 10.4. The number of piperidine rings is 1. The molecule has 2 heterocycles. The van der Waals surface area contributed by atoms with Gasteiger partial charge in [-0.2, -0.15) is 0 Å². The fraction of sp³-hybridized carbons (Fsp3) is 0.312. The lowest BCUT2D eigenvalue weighted by Crippen LogP contribution is -2.42. The van der Waals surface area contributed by atoms with Gasteiger partial charge in [-0.3, -0.25) is 0 Å². The van der Waals surface area contributed by atoms with Crippen molar-refractivity contribution in [3.63, 3.8) is 0 Å². The molecule has 0 amide bonds. The van der Waals surface area contributed by atoms with Gasteiger partial charge in [-0.15, -0.1) is 0 Å². The Balaban J connectivity index is 1.72. The summed E-state index contributed by atoms with van der Waals surface area (Å²) in [7, 11) is 0. The van der Waals surface area contributed by atoms with Gasteiger partial charge in [0, 0.05) is 18.1 Å². The Labute approximate surface area is 128 Å². The predicted octanol–water partition coefficient (Wildman–Crippen LogP) is 3.36. The van der Waals surface area contributed by atoms with Gasteiger partial charge < -0.3 is 10.0 Å². The van der Waals surface area contributed by atoms with Crippen molar-refractivity contribution in [1.29, 1.82) is 0 Å². The first-order valence-electron chi connectivity index (χ1n) is 6.92. The minimum atomic E-state index is -0.832. The highest BCUT2D eigenvalue weighted by Crippen LogP contribution is 2.34. The average Bonchev–Trinajstić information content (AvgIpc) is 2.50. The van der Waals surface area contributed by atoms with E-state index in [9.17, 15) is 9.50 Å². The van der Waals surface area contributed by atoms with Crippen molar-refractivity contribution < 1.29 is 9.50 Å². The lowest BCUT2D eigenvalue weighted by molar-refractivity contribution is 0.0116. The molecule has 3 nitrogen and oxygen atoms in total. The first kappa shape index (κ1) is 14.3. The molecule has 0 bridgehead atoms. The number of hydrogen-bond donors (Lipinski definition) is 1. The van der Waals surface area contributed by atoms with Gasteiger partial charge in [-0.25, -0.2) is 9.37 Å². The van der Waals surface area contributed by atoms with Crippen LogP contribution in [0.4, 0.5) is 10.2 Å². The van der Waals surface area contributed by atoms with Crippen LogP contribution in [-0.2, 0) is 5.60 Å². The van der Waals surface area contributed by atoms with Gasteiger partial charge in [-0.05, 0) is 42.7 Å². The van der Waals surface area contributed by atoms with Crippen molar-refractivity contribution >= 4 is 17.4 Å². The second-order valence-electron chi connectivity index (χ2n) is 5.36. The molecular formula is C16H16ClFN2O. The van der Waals surface area contributed by atoms with E-state index in [2.05, 4.69) is 9.88 Å². The Morgan fingerprint density at radius 3 is 2.33 bits per heavy atom. The smallest absolute Gasteiger partial charge is 0.141 e. The van der Waals surface area contributed by atoms with Crippen LogP contribution in [0.3, 0.4) is 0 Å². The van der Waals surface area contributed by atoms with Crippen molar-refractivity contribution in [2.45, 2.75) is 18.4 Å². The highest BCUT2D eigenvalue weighted by Gasteiger charge is 2.34.